The maximum atomic E-state index is 12.4. The summed E-state index contributed by atoms with van der Waals surface area (Å²) in [5.41, 5.74) is 2.02. The predicted octanol–water partition coefficient (Wildman–Crippen LogP) is 3.15. The zero-order chi connectivity index (χ0) is 14.5. The van der Waals surface area contributed by atoms with Crippen LogP contribution in [0.1, 0.15) is 24.0 Å². The van der Waals surface area contributed by atoms with Crippen molar-refractivity contribution in [1.29, 1.82) is 0 Å². The molecule has 0 saturated carbocycles. The van der Waals surface area contributed by atoms with E-state index in [0.29, 0.717) is 6.54 Å². The Morgan fingerprint density at radius 3 is 2.30 bits per heavy atom. The third-order valence-electron chi connectivity index (χ3n) is 3.40. The Hall–Kier alpha value is -2.29. The van der Waals surface area contributed by atoms with E-state index in [0.717, 1.165) is 11.1 Å². The lowest BCUT2D eigenvalue weighted by molar-refractivity contribution is -0.131. The van der Waals surface area contributed by atoms with Gasteiger partial charge in [0.2, 0.25) is 5.91 Å². The molecular formula is C17H19NO2. The van der Waals surface area contributed by atoms with E-state index in [1.165, 1.54) is 0 Å². The average molecular weight is 269 g/mol. The third kappa shape index (κ3) is 3.38. The van der Waals surface area contributed by atoms with Gasteiger partial charge in [0, 0.05) is 13.6 Å². The number of likely N-dealkylation sites (N-methyl/N-ethyl adjacent to an activating group) is 1. The van der Waals surface area contributed by atoms with Crippen molar-refractivity contribution >= 4 is 5.91 Å². The molecule has 2 rings (SSSR count). The molecule has 3 heteroatoms. The van der Waals surface area contributed by atoms with Gasteiger partial charge in [0.15, 0.2) is 0 Å². The molecule has 0 aliphatic heterocycles. The van der Waals surface area contributed by atoms with Crippen LogP contribution in [-0.2, 0) is 11.3 Å². The van der Waals surface area contributed by atoms with Crippen molar-refractivity contribution < 1.29 is 9.90 Å². The second-order valence-corrected chi connectivity index (χ2v) is 4.99. The summed E-state index contributed by atoms with van der Waals surface area (Å²) in [6, 6.07) is 16.7. The molecule has 1 N–H and O–H groups in total. The SMILES string of the molecule is CC(C(=O)N(C)Cc1ccc(O)cc1)c1ccccc1. The molecule has 1 atom stereocenters. The highest BCUT2D eigenvalue weighted by Gasteiger charge is 2.19. The highest BCUT2D eigenvalue weighted by atomic mass is 16.3. The predicted molar refractivity (Wildman–Crippen MR) is 79.4 cm³/mol. The highest BCUT2D eigenvalue weighted by molar-refractivity contribution is 5.83. The number of hydrogen-bond donors (Lipinski definition) is 1. The first-order valence-corrected chi connectivity index (χ1v) is 6.66. The van der Waals surface area contributed by atoms with E-state index in [1.807, 2.05) is 49.4 Å². The quantitative estimate of drug-likeness (QED) is 0.926. The van der Waals surface area contributed by atoms with E-state index < -0.39 is 0 Å². The summed E-state index contributed by atoms with van der Waals surface area (Å²) in [7, 11) is 1.80. The van der Waals surface area contributed by atoms with Gasteiger partial charge in [0.25, 0.3) is 0 Å². The Labute approximate surface area is 119 Å². The largest absolute Gasteiger partial charge is 0.508 e. The lowest BCUT2D eigenvalue weighted by atomic mass is 10.00. The van der Waals surface area contributed by atoms with Crippen LogP contribution in [0.25, 0.3) is 0 Å². The fraction of sp³-hybridized carbons (Fsp3) is 0.235. The molecule has 2 aromatic carbocycles. The second kappa shape index (κ2) is 6.24. The van der Waals surface area contributed by atoms with Crippen molar-refractivity contribution in [2.45, 2.75) is 19.4 Å². The molecule has 20 heavy (non-hydrogen) atoms. The van der Waals surface area contributed by atoms with Crippen molar-refractivity contribution in [1.82, 2.24) is 4.90 Å². The Bertz CT molecular complexity index is 563. The molecule has 0 heterocycles. The van der Waals surface area contributed by atoms with Gasteiger partial charge >= 0.3 is 0 Å². The maximum Gasteiger partial charge on any atom is 0.229 e. The Morgan fingerprint density at radius 2 is 1.70 bits per heavy atom. The molecule has 104 valence electrons. The summed E-state index contributed by atoms with van der Waals surface area (Å²) in [5.74, 6) is 0.169. The van der Waals surface area contributed by atoms with Crippen molar-refractivity contribution in [3.05, 3.63) is 65.7 Å². The molecule has 0 radical (unpaired) electrons. The molecule has 0 fully saturated rings. The molecule has 1 amide bonds. The maximum absolute atomic E-state index is 12.4. The molecular weight excluding hydrogens is 250 g/mol. The highest BCUT2D eigenvalue weighted by Crippen LogP contribution is 2.18. The molecule has 0 saturated heterocycles. The van der Waals surface area contributed by atoms with Crippen LogP contribution in [-0.4, -0.2) is 23.0 Å². The van der Waals surface area contributed by atoms with E-state index >= 15 is 0 Å². The van der Waals surface area contributed by atoms with Gasteiger partial charge in [-0.25, -0.2) is 0 Å². The molecule has 0 aliphatic rings. The molecule has 0 bridgehead atoms. The molecule has 0 aromatic heterocycles. The number of aromatic hydroxyl groups is 1. The normalized spacial score (nSPS) is 11.9. The summed E-state index contributed by atoms with van der Waals surface area (Å²) in [4.78, 5) is 14.1. The number of carbonyl (C=O) groups excluding carboxylic acids is 1. The van der Waals surface area contributed by atoms with Gasteiger partial charge in [-0.05, 0) is 30.2 Å². The number of phenols is 1. The Balaban J connectivity index is 2.03. The Morgan fingerprint density at radius 1 is 1.10 bits per heavy atom. The third-order valence-corrected chi connectivity index (χ3v) is 3.40. The molecule has 3 nitrogen and oxygen atoms in total. The standard InChI is InChI=1S/C17H19NO2/c1-13(15-6-4-3-5-7-15)17(20)18(2)12-14-8-10-16(19)11-9-14/h3-11,13,19H,12H2,1-2H3. The fourth-order valence-electron chi connectivity index (χ4n) is 2.17. The van der Waals surface area contributed by atoms with Gasteiger partial charge in [-0.1, -0.05) is 42.5 Å². The molecule has 0 aliphatic carbocycles. The number of amides is 1. The van der Waals surface area contributed by atoms with Crippen molar-refractivity contribution in [3.8, 4) is 5.75 Å². The zero-order valence-corrected chi connectivity index (χ0v) is 11.8. The van der Waals surface area contributed by atoms with Crippen LogP contribution >= 0.6 is 0 Å². The molecule has 0 spiro atoms. The van der Waals surface area contributed by atoms with Crippen LogP contribution in [0.5, 0.6) is 5.75 Å². The fourth-order valence-corrected chi connectivity index (χ4v) is 2.17. The van der Waals surface area contributed by atoms with E-state index in [9.17, 15) is 9.90 Å². The summed E-state index contributed by atoms with van der Waals surface area (Å²) < 4.78 is 0. The van der Waals surface area contributed by atoms with Gasteiger partial charge in [0.05, 0.1) is 5.92 Å². The lowest BCUT2D eigenvalue weighted by Gasteiger charge is -2.21. The summed E-state index contributed by atoms with van der Waals surface area (Å²) in [5, 5.41) is 9.26. The summed E-state index contributed by atoms with van der Waals surface area (Å²) in [6.45, 7) is 2.46. The van der Waals surface area contributed by atoms with Crippen LogP contribution in [0, 0.1) is 0 Å². The minimum Gasteiger partial charge on any atom is -0.508 e. The number of benzene rings is 2. The number of carbonyl (C=O) groups is 1. The van der Waals surface area contributed by atoms with Crippen LogP contribution < -0.4 is 0 Å². The van der Waals surface area contributed by atoms with E-state index in [1.54, 1.807) is 24.1 Å². The van der Waals surface area contributed by atoms with Crippen LogP contribution in [0.2, 0.25) is 0 Å². The smallest absolute Gasteiger partial charge is 0.229 e. The van der Waals surface area contributed by atoms with E-state index in [-0.39, 0.29) is 17.6 Å². The van der Waals surface area contributed by atoms with Gasteiger partial charge in [0.1, 0.15) is 5.75 Å². The number of nitrogens with zero attached hydrogens (tertiary/aromatic N) is 1. The number of phenolic OH excluding ortho intramolecular Hbond substituents is 1. The number of hydrogen-bond acceptors (Lipinski definition) is 2. The van der Waals surface area contributed by atoms with Crippen LogP contribution in [0.4, 0.5) is 0 Å². The van der Waals surface area contributed by atoms with E-state index in [4.69, 9.17) is 0 Å². The van der Waals surface area contributed by atoms with Crippen molar-refractivity contribution in [2.75, 3.05) is 7.05 Å². The number of rotatable bonds is 4. The first kappa shape index (κ1) is 14.1. The van der Waals surface area contributed by atoms with Gasteiger partial charge in [-0.2, -0.15) is 0 Å². The first-order chi connectivity index (χ1) is 9.58. The van der Waals surface area contributed by atoms with Gasteiger partial charge < -0.3 is 10.0 Å². The minimum absolute atomic E-state index is 0.0873. The summed E-state index contributed by atoms with van der Waals surface area (Å²) in [6.07, 6.45) is 0. The average Bonchev–Trinajstić information content (AvgIpc) is 2.49. The summed E-state index contributed by atoms with van der Waals surface area (Å²) >= 11 is 0. The zero-order valence-electron chi connectivity index (χ0n) is 11.8. The van der Waals surface area contributed by atoms with E-state index in [2.05, 4.69) is 0 Å². The Kier molecular flexibility index (Phi) is 4.41. The molecule has 1 unspecified atom stereocenters. The second-order valence-electron chi connectivity index (χ2n) is 4.99. The monoisotopic (exact) mass is 269 g/mol. The van der Waals surface area contributed by atoms with Gasteiger partial charge in [-0.15, -0.1) is 0 Å². The van der Waals surface area contributed by atoms with Crippen LogP contribution in [0.15, 0.2) is 54.6 Å². The lowest BCUT2D eigenvalue weighted by Crippen LogP contribution is -2.30. The van der Waals surface area contributed by atoms with Crippen molar-refractivity contribution in [2.24, 2.45) is 0 Å². The van der Waals surface area contributed by atoms with Gasteiger partial charge in [-0.3, -0.25) is 4.79 Å². The molecule has 2 aromatic rings. The topological polar surface area (TPSA) is 40.5 Å². The first-order valence-electron chi connectivity index (χ1n) is 6.66. The van der Waals surface area contributed by atoms with Crippen LogP contribution in [0.3, 0.4) is 0 Å². The van der Waals surface area contributed by atoms with Crippen molar-refractivity contribution in [3.63, 3.8) is 0 Å². The minimum atomic E-state index is -0.154.